The smallest absolute Gasteiger partial charge is 0.326 e. The lowest BCUT2D eigenvalue weighted by atomic mass is 10.1. The third-order valence-electron chi connectivity index (χ3n) is 2.49. The molecule has 0 aliphatic carbocycles. The highest BCUT2D eigenvalue weighted by Crippen LogP contribution is 2.20. The molecule has 1 aromatic carbocycles. The van der Waals surface area contributed by atoms with Gasteiger partial charge in [-0.1, -0.05) is 18.2 Å². The van der Waals surface area contributed by atoms with Gasteiger partial charge in [-0.25, -0.2) is 0 Å². The molecule has 19 heavy (non-hydrogen) atoms. The molecule has 0 saturated heterocycles. The van der Waals surface area contributed by atoms with Crippen molar-refractivity contribution in [3.63, 3.8) is 0 Å². The highest BCUT2D eigenvalue weighted by Gasteiger charge is 2.22. The number of hydrogen-bond acceptors (Lipinski definition) is 3. The second-order valence-corrected chi connectivity index (χ2v) is 5.48. The van der Waals surface area contributed by atoms with Crippen LogP contribution in [0.2, 0.25) is 0 Å². The van der Waals surface area contributed by atoms with Crippen molar-refractivity contribution in [2.75, 3.05) is 11.4 Å². The third-order valence-corrected chi connectivity index (χ3v) is 2.49. The van der Waals surface area contributed by atoms with Crippen molar-refractivity contribution in [2.45, 2.75) is 40.2 Å². The predicted octanol–water partition coefficient (Wildman–Crippen LogP) is 2.69. The number of esters is 1. The number of ether oxygens (including phenoxy) is 1. The van der Waals surface area contributed by atoms with Crippen LogP contribution >= 0.6 is 0 Å². The minimum absolute atomic E-state index is 0.0720. The van der Waals surface area contributed by atoms with Crippen LogP contribution in [0.4, 0.5) is 5.69 Å². The Morgan fingerprint density at radius 1 is 1.21 bits per heavy atom. The summed E-state index contributed by atoms with van der Waals surface area (Å²) in [5.74, 6) is -0.592. The highest BCUT2D eigenvalue weighted by atomic mass is 16.6. The SMILES string of the molecule is CC(=O)N(CC(=O)OC(C)(C)C)c1ccccc1C. The monoisotopic (exact) mass is 263 g/mol. The molecular formula is C15H21NO3. The van der Waals surface area contributed by atoms with Gasteiger partial charge in [0.2, 0.25) is 5.91 Å². The minimum atomic E-state index is -0.550. The summed E-state index contributed by atoms with van der Waals surface area (Å²) < 4.78 is 5.25. The Labute approximate surface area is 114 Å². The van der Waals surface area contributed by atoms with Crippen LogP contribution in [0, 0.1) is 6.92 Å². The number of rotatable bonds is 3. The van der Waals surface area contributed by atoms with E-state index in [9.17, 15) is 9.59 Å². The van der Waals surface area contributed by atoms with Crippen LogP contribution in [0.25, 0.3) is 0 Å². The van der Waals surface area contributed by atoms with Gasteiger partial charge in [0.1, 0.15) is 12.1 Å². The molecule has 4 nitrogen and oxygen atoms in total. The van der Waals surface area contributed by atoms with Gasteiger partial charge in [0.15, 0.2) is 0 Å². The first-order valence-electron chi connectivity index (χ1n) is 6.26. The number of carbonyl (C=O) groups excluding carboxylic acids is 2. The van der Waals surface area contributed by atoms with Crippen LogP contribution in [-0.2, 0) is 14.3 Å². The normalized spacial score (nSPS) is 11.0. The molecule has 0 spiro atoms. The quantitative estimate of drug-likeness (QED) is 0.788. The van der Waals surface area contributed by atoms with Gasteiger partial charge in [-0.2, -0.15) is 0 Å². The zero-order valence-electron chi connectivity index (χ0n) is 12.2. The van der Waals surface area contributed by atoms with E-state index in [1.54, 1.807) is 20.8 Å². The van der Waals surface area contributed by atoms with Crippen LogP contribution < -0.4 is 4.90 Å². The molecule has 0 heterocycles. The molecule has 0 aliphatic heterocycles. The van der Waals surface area contributed by atoms with Crippen molar-refractivity contribution in [1.82, 2.24) is 0 Å². The van der Waals surface area contributed by atoms with Gasteiger partial charge in [-0.15, -0.1) is 0 Å². The van der Waals surface area contributed by atoms with Gasteiger partial charge in [0, 0.05) is 12.6 Å². The molecule has 0 bridgehead atoms. The van der Waals surface area contributed by atoms with Crippen molar-refractivity contribution in [1.29, 1.82) is 0 Å². The van der Waals surface area contributed by atoms with E-state index in [4.69, 9.17) is 4.74 Å². The van der Waals surface area contributed by atoms with Crippen molar-refractivity contribution < 1.29 is 14.3 Å². The number of benzene rings is 1. The Balaban J connectivity index is 2.89. The van der Waals surface area contributed by atoms with E-state index >= 15 is 0 Å². The van der Waals surface area contributed by atoms with E-state index in [0.29, 0.717) is 0 Å². The van der Waals surface area contributed by atoms with E-state index in [-0.39, 0.29) is 12.5 Å². The lowest BCUT2D eigenvalue weighted by molar-refractivity contribution is -0.153. The largest absolute Gasteiger partial charge is 0.459 e. The number of carbonyl (C=O) groups is 2. The molecule has 0 aliphatic rings. The number of amides is 1. The van der Waals surface area contributed by atoms with E-state index < -0.39 is 11.6 Å². The molecule has 0 fully saturated rings. The van der Waals surface area contributed by atoms with E-state index in [2.05, 4.69) is 0 Å². The first kappa shape index (κ1) is 15.2. The summed E-state index contributed by atoms with van der Waals surface area (Å²) in [6, 6.07) is 7.46. The second kappa shape index (κ2) is 5.87. The fraction of sp³-hybridized carbons (Fsp3) is 0.467. The molecule has 0 N–H and O–H groups in total. The molecule has 1 rings (SSSR count). The molecule has 1 aromatic rings. The zero-order valence-corrected chi connectivity index (χ0v) is 12.2. The van der Waals surface area contributed by atoms with Crippen LogP contribution in [0.5, 0.6) is 0 Å². The Kier molecular flexibility index (Phi) is 4.70. The molecule has 0 saturated carbocycles. The average molecular weight is 263 g/mol. The number of nitrogens with zero attached hydrogens (tertiary/aromatic N) is 1. The van der Waals surface area contributed by atoms with Crippen LogP contribution in [0.3, 0.4) is 0 Å². The minimum Gasteiger partial charge on any atom is -0.459 e. The fourth-order valence-corrected chi connectivity index (χ4v) is 1.74. The number of aryl methyl sites for hydroxylation is 1. The molecule has 0 unspecified atom stereocenters. The summed E-state index contributed by atoms with van der Waals surface area (Å²) in [5.41, 5.74) is 1.13. The predicted molar refractivity (Wildman–Crippen MR) is 75.1 cm³/mol. The van der Waals surface area contributed by atoms with Crippen LogP contribution in [-0.4, -0.2) is 24.0 Å². The average Bonchev–Trinajstić information content (AvgIpc) is 2.24. The first-order valence-corrected chi connectivity index (χ1v) is 6.26. The lowest BCUT2D eigenvalue weighted by Crippen LogP contribution is -2.38. The number of anilines is 1. The first-order chi connectivity index (χ1) is 8.70. The zero-order chi connectivity index (χ0) is 14.6. The fourth-order valence-electron chi connectivity index (χ4n) is 1.74. The van der Waals surface area contributed by atoms with Gasteiger partial charge in [-0.05, 0) is 39.3 Å². The van der Waals surface area contributed by atoms with Crippen LogP contribution in [0.15, 0.2) is 24.3 Å². The van der Waals surface area contributed by atoms with Crippen molar-refractivity contribution in [3.8, 4) is 0 Å². The Morgan fingerprint density at radius 2 is 1.79 bits per heavy atom. The van der Waals surface area contributed by atoms with Gasteiger partial charge in [-0.3, -0.25) is 9.59 Å². The summed E-state index contributed by atoms with van der Waals surface area (Å²) in [6.45, 7) is 8.68. The van der Waals surface area contributed by atoms with Gasteiger partial charge < -0.3 is 9.64 Å². The molecule has 1 amide bonds. The molecule has 4 heteroatoms. The maximum absolute atomic E-state index is 11.8. The number of hydrogen-bond donors (Lipinski definition) is 0. The summed E-state index contributed by atoms with van der Waals surface area (Å²) in [4.78, 5) is 25.0. The molecule has 0 aromatic heterocycles. The Hall–Kier alpha value is -1.84. The third kappa shape index (κ3) is 4.73. The van der Waals surface area contributed by atoms with Crippen molar-refractivity contribution >= 4 is 17.6 Å². The summed E-state index contributed by atoms with van der Waals surface area (Å²) in [7, 11) is 0. The second-order valence-electron chi connectivity index (χ2n) is 5.48. The van der Waals surface area contributed by atoms with Crippen molar-refractivity contribution in [2.24, 2.45) is 0 Å². The summed E-state index contributed by atoms with van der Waals surface area (Å²) in [6.07, 6.45) is 0. The van der Waals surface area contributed by atoms with Crippen molar-refractivity contribution in [3.05, 3.63) is 29.8 Å². The van der Waals surface area contributed by atoms with E-state index in [0.717, 1.165) is 11.3 Å². The van der Waals surface area contributed by atoms with Gasteiger partial charge in [0.25, 0.3) is 0 Å². The van der Waals surface area contributed by atoms with Gasteiger partial charge >= 0.3 is 5.97 Å². The summed E-state index contributed by atoms with van der Waals surface area (Å²) >= 11 is 0. The van der Waals surface area contributed by atoms with Gasteiger partial charge in [0.05, 0.1) is 0 Å². The summed E-state index contributed by atoms with van der Waals surface area (Å²) in [5, 5.41) is 0. The Morgan fingerprint density at radius 3 is 2.26 bits per heavy atom. The van der Waals surface area contributed by atoms with E-state index in [1.807, 2.05) is 31.2 Å². The molecule has 0 atom stereocenters. The molecular weight excluding hydrogens is 242 g/mol. The van der Waals surface area contributed by atoms with E-state index in [1.165, 1.54) is 11.8 Å². The lowest BCUT2D eigenvalue weighted by Gasteiger charge is -2.25. The topological polar surface area (TPSA) is 46.6 Å². The molecule has 104 valence electrons. The number of para-hydroxylation sites is 1. The molecule has 0 radical (unpaired) electrons. The van der Waals surface area contributed by atoms with Crippen LogP contribution in [0.1, 0.15) is 33.3 Å². The Bertz CT molecular complexity index is 475. The standard InChI is InChI=1S/C15H21NO3/c1-11-8-6-7-9-13(11)16(12(2)17)10-14(18)19-15(3,4)5/h6-9H,10H2,1-5H3. The maximum atomic E-state index is 11.8. The highest BCUT2D eigenvalue weighted by molar-refractivity contribution is 5.96. The maximum Gasteiger partial charge on any atom is 0.326 e.